The van der Waals surface area contributed by atoms with Crippen LogP contribution in [0.3, 0.4) is 0 Å². The lowest BCUT2D eigenvalue weighted by Crippen LogP contribution is -2.42. The highest BCUT2D eigenvalue weighted by Gasteiger charge is 2.41. The predicted octanol–water partition coefficient (Wildman–Crippen LogP) is 1.72. The van der Waals surface area contributed by atoms with E-state index < -0.39 is 29.9 Å². The molecule has 0 aliphatic heterocycles. The number of hydrogen-bond acceptors (Lipinski definition) is 3. The molecule has 1 aromatic carbocycles. The Bertz CT molecular complexity index is 470. The highest BCUT2D eigenvalue weighted by atomic mass is 19.4. The van der Waals surface area contributed by atoms with E-state index in [1.807, 2.05) is 0 Å². The minimum absolute atomic E-state index is 0.0224. The smallest absolute Gasteiger partial charge is 0.467 e. The van der Waals surface area contributed by atoms with E-state index in [4.69, 9.17) is 0 Å². The van der Waals surface area contributed by atoms with Gasteiger partial charge in [-0.3, -0.25) is 4.79 Å². The van der Waals surface area contributed by atoms with Crippen LogP contribution >= 0.6 is 0 Å². The van der Waals surface area contributed by atoms with Gasteiger partial charge in [0.05, 0.1) is 7.11 Å². The molecule has 0 aliphatic carbocycles. The molecule has 4 nitrogen and oxygen atoms in total. The molecule has 104 valence electrons. The van der Waals surface area contributed by atoms with Gasteiger partial charge in [-0.15, -0.1) is 0 Å². The third-order valence-corrected chi connectivity index (χ3v) is 2.17. The molecule has 1 N–H and O–H groups in total. The summed E-state index contributed by atoms with van der Waals surface area (Å²) in [7, 11) is 0.957. The Morgan fingerprint density at radius 2 is 1.74 bits per heavy atom. The second kappa shape index (κ2) is 5.68. The van der Waals surface area contributed by atoms with Gasteiger partial charge in [0.15, 0.2) is 6.04 Å². The zero-order valence-electron chi connectivity index (χ0n) is 9.62. The monoisotopic (exact) mass is 279 g/mol. The van der Waals surface area contributed by atoms with Crippen molar-refractivity contribution in [1.29, 1.82) is 0 Å². The molecular formula is C11H9F4NO3. The molecule has 0 unspecified atom stereocenters. The van der Waals surface area contributed by atoms with Gasteiger partial charge in [-0.1, -0.05) is 12.1 Å². The van der Waals surface area contributed by atoms with Gasteiger partial charge < -0.3 is 10.1 Å². The maximum Gasteiger partial charge on any atom is 0.471 e. The number of ether oxygens (including phenoxy) is 1. The fraction of sp³-hybridized carbons (Fsp3) is 0.273. The van der Waals surface area contributed by atoms with Crippen molar-refractivity contribution in [3.8, 4) is 0 Å². The molecule has 1 aromatic rings. The van der Waals surface area contributed by atoms with E-state index in [9.17, 15) is 27.2 Å². The van der Waals surface area contributed by atoms with Gasteiger partial charge in [0.25, 0.3) is 0 Å². The standard InChI is InChI=1S/C11H9F4NO3/c1-19-9(17)8(16-10(18)11(13,14)15)6-2-4-7(12)5-3-6/h2-5,8H,1H3,(H,16,18)/t8-/m1/s1. The van der Waals surface area contributed by atoms with Crippen LogP contribution < -0.4 is 5.32 Å². The van der Waals surface area contributed by atoms with Crippen LogP contribution in [0.4, 0.5) is 17.6 Å². The number of nitrogens with one attached hydrogen (secondary N) is 1. The molecule has 0 heterocycles. The molecule has 0 spiro atoms. The van der Waals surface area contributed by atoms with Crippen molar-refractivity contribution >= 4 is 11.9 Å². The molecule has 1 amide bonds. The quantitative estimate of drug-likeness (QED) is 0.677. The van der Waals surface area contributed by atoms with Gasteiger partial charge in [-0.05, 0) is 17.7 Å². The Balaban J connectivity index is 2.99. The van der Waals surface area contributed by atoms with Crippen molar-refractivity contribution in [3.05, 3.63) is 35.6 Å². The minimum Gasteiger partial charge on any atom is -0.467 e. The molecule has 0 bridgehead atoms. The van der Waals surface area contributed by atoms with Crippen LogP contribution in [0.25, 0.3) is 0 Å². The van der Waals surface area contributed by atoms with Gasteiger partial charge in [0.2, 0.25) is 0 Å². The molecule has 0 saturated heterocycles. The van der Waals surface area contributed by atoms with Crippen LogP contribution in [-0.4, -0.2) is 25.2 Å². The van der Waals surface area contributed by atoms with E-state index in [-0.39, 0.29) is 5.56 Å². The van der Waals surface area contributed by atoms with Gasteiger partial charge in [-0.2, -0.15) is 13.2 Å². The summed E-state index contributed by atoms with van der Waals surface area (Å²) in [5.41, 5.74) is -0.0224. The fourth-order valence-corrected chi connectivity index (χ4v) is 1.26. The van der Waals surface area contributed by atoms with Crippen molar-refractivity contribution in [2.45, 2.75) is 12.2 Å². The molecule has 1 rings (SSSR count). The first kappa shape index (κ1) is 14.9. The zero-order chi connectivity index (χ0) is 14.6. The van der Waals surface area contributed by atoms with Crippen molar-refractivity contribution in [1.82, 2.24) is 5.32 Å². The number of hydrogen-bond donors (Lipinski definition) is 1. The molecule has 0 aliphatic rings. The van der Waals surface area contributed by atoms with Gasteiger partial charge in [0, 0.05) is 0 Å². The lowest BCUT2D eigenvalue weighted by atomic mass is 10.1. The first-order chi connectivity index (χ1) is 8.75. The predicted molar refractivity (Wildman–Crippen MR) is 55.4 cm³/mol. The number of benzene rings is 1. The third kappa shape index (κ3) is 3.94. The topological polar surface area (TPSA) is 55.4 Å². The largest absolute Gasteiger partial charge is 0.471 e. The summed E-state index contributed by atoms with van der Waals surface area (Å²) in [6.07, 6.45) is -5.13. The summed E-state index contributed by atoms with van der Waals surface area (Å²) in [4.78, 5) is 22.2. The fourth-order valence-electron chi connectivity index (χ4n) is 1.26. The Kier molecular flexibility index (Phi) is 4.47. The number of halogens is 4. The maximum atomic E-state index is 12.7. The number of carbonyl (C=O) groups is 2. The second-order valence-corrected chi connectivity index (χ2v) is 3.48. The molecule has 0 fully saturated rings. The van der Waals surface area contributed by atoms with Crippen molar-refractivity contribution in [2.75, 3.05) is 7.11 Å². The van der Waals surface area contributed by atoms with Crippen molar-refractivity contribution < 1.29 is 31.9 Å². The summed E-state index contributed by atoms with van der Waals surface area (Å²) in [6.45, 7) is 0. The summed E-state index contributed by atoms with van der Waals surface area (Å²) < 4.78 is 53.4. The highest BCUT2D eigenvalue weighted by Crippen LogP contribution is 2.20. The summed E-state index contributed by atoms with van der Waals surface area (Å²) in [5, 5.41) is 1.48. The van der Waals surface area contributed by atoms with Crippen LogP contribution in [-0.2, 0) is 14.3 Å². The van der Waals surface area contributed by atoms with Crippen LogP contribution in [0, 0.1) is 5.82 Å². The third-order valence-electron chi connectivity index (χ3n) is 2.17. The Hall–Kier alpha value is -2.12. The van der Waals surface area contributed by atoms with E-state index in [2.05, 4.69) is 4.74 Å². The zero-order valence-corrected chi connectivity index (χ0v) is 9.62. The number of alkyl halides is 3. The van der Waals surface area contributed by atoms with Crippen LogP contribution in [0.2, 0.25) is 0 Å². The number of carbonyl (C=O) groups excluding carboxylic acids is 2. The number of rotatable bonds is 3. The van der Waals surface area contributed by atoms with E-state index in [1.165, 1.54) is 5.32 Å². The van der Waals surface area contributed by atoms with Crippen LogP contribution in [0.1, 0.15) is 11.6 Å². The molecular weight excluding hydrogens is 270 g/mol. The maximum absolute atomic E-state index is 12.7. The summed E-state index contributed by atoms with van der Waals surface area (Å²) in [6, 6.07) is 2.40. The van der Waals surface area contributed by atoms with Gasteiger partial charge in [-0.25, -0.2) is 9.18 Å². The molecule has 8 heteroatoms. The van der Waals surface area contributed by atoms with E-state index in [0.29, 0.717) is 0 Å². The first-order valence-electron chi connectivity index (χ1n) is 4.96. The molecule has 0 aromatic heterocycles. The Labute approximate surface area is 105 Å². The molecule has 1 atom stereocenters. The lowest BCUT2D eigenvalue weighted by molar-refractivity contribution is -0.175. The van der Waals surface area contributed by atoms with Crippen LogP contribution in [0.5, 0.6) is 0 Å². The SMILES string of the molecule is COC(=O)[C@H](NC(=O)C(F)(F)F)c1ccc(F)cc1. The number of amides is 1. The van der Waals surface area contributed by atoms with Crippen molar-refractivity contribution in [2.24, 2.45) is 0 Å². The number of methoxy groups -OCH3 is 1. The average molecular weight is 279 g/mol. The number of esters is 1. The van der Waals surface area contributed by atoms with E-state index in [0.717, 1.165) is 31.4 Å². The summed E-state index contributed by atoms with van der Waals surface area (Å²) in [5.74, 6) is -4.01. The molecule has 19 heavy (non-hydrogen) atoms. The first-order valence-corrected chi connectivity index (χ1v) is 4.96. The minimum atomic E-state index is -5.13. The molecule has 0 radical (unpaired) electrons. The molecule has 0 saturated carbocycles. The summed E-state index contributed by atoms with van der Waals surface area (Å²) >= 11 is 0. The van der Waals surface area contributed by atoms with Gasteiger partial charge in [0.1, 0.15) is 5.82 Å². The average Bonchev–Trinajstić information content (AvgIpc) is 2.35. The van der Waals surface area contributed by atoms with E-state index >= 15 is 0 Å². The van der Waals surface area contributed by atoms with Crippen LogP contribution in [0.15, 0.2) is 24.3 Å². The lowest BCUT2D eigenvalue weighted by Gasteiger charge is -2.17. The van der Waals surface area contributed by atoms with E-state index in [1.54, 1.807) is 0 Å². The Morgan fingerprint density at radius 3 is 2.16 bits per heavy atom. The van der Waals surface area contributed by atoms with Gasteiger partial charge >= 0.3 is 18.1 Å². The second-order valence-electron chi connectivity index (χ2n) is 3.48. The Morgan fingerprint density at radius 1 is 1.21 bits per heavy atom. The van der Waals surface area contributed by atoms with Crippen molar-refractivity contribution in [3.63, 3.8) is 0 Å². The normalized spacial score (nSPS) is 12.7. The highest BCUT2D eigenvalue weighted by molar-refractivity contribution is 5.88.